The second kappa shape index (κ2) is 6.88. The van der Waals surface area contributed by atoms with Crippen molar-refractivity contribution in [3.63, 3.8) is 0 Å². The van der Waals surface area contributed by atoms with Crippen LogP contribution in [0.2, 0.25) is 0 Å². The summed E-state index contributed by atoms with van der Waals surface area (Å²) in [6.45, 7) is 7.32. The van der Waals surface area contributed by atoms with E-state index in [4.69, 9.17) is 0 Å². The molecule has 6 heteroatoms. The summed E-state index contributed by atoms with van der Waals surface area (Å²) >= 11 is 0. The molecule has 1 aromatic carbocycles. The molecule has 0 saturated heterocycles. The number of anilines is 1. The first-order valence-corrected chi connectivity index (χ1v) is 6.52. The summed E-state index contributed by atoms with van der Waals surface area (Å²) in [6.07, 6.45) is 0. The molecule has 110 valence electrons. The second-order valence-corrected chi connectivity index (χ2v) is 4.88. The molecule has 1 aromatic rings. The van der Waals surface area contributed by atoms with E-state index < -0.39 is 10.9 Å². The van der Waals surface area contributed by atoms with Crippen LogP contribution in [0, 0.1) is 16.0 Å². The van der Waals surface area contributed by atoms with E-state index in [2.05, 4.69) is 4.74 Å². The van der Waals surface area contributed by atoms with Crippen LogP contribution in [0.5, 0.6) is 0 Å². The lowest BCUT2D eigenvalue weighted by atomic mass is 10.1. The summed E-state index contributed by atoms with van der Waals surface area (Å²) < 4.78 is 4.66. The van der Waals surface area contributed by atoms with Crippen molar-refractivity contribution in [2.24, 2.45) is 5.92 Å². The van der Waals surface area contributed by atoms with Crippen LogP contribution in [-0.2, 0) is 4.74 Å². The Kier molecular flexibility index (Phi) is 5.49. The highest BCUT2D eigenvalue weighted by atomic mass is 16.6. The highest BCUT2D eigenvalue weighted by Gasteiger charge is 2.21. The van der Waals surface area contributed by atoms with E-state index in [1.165, 1.54) is 25.3 Å². The van der Waals surface area contributed by atoms with Crippen molar-refractivity contribution in [1.29, 1.82) is 0 Å². The fraction of sp³-hybridized carbons (Fsp3) is 0.500. The van der Waals surface area contributed by atoms with Gasteiger partial charge in [0.15, 0.2) is 0 Å². The van der Waals surface area contributed by atoms with Crippen LogP contribution >= 0.6 is 0 Å². The first-order valence-electron chi connectivity index (χ1n) is 6.52. The Morgan fingerprint density at radius 2 is 2.10 bits per heavy atom. The summed E-state index contributed by atoms with van der Waals surface area (Å²) in [6, 6.07) is 4.29. The lowest BCUT2D eigenvalue weighted by Gasteiger charge is -2.25. The third kappa shape index (κ3) is 3.69. The third-order valence-corrected chi connectivity index (χ3v) is 2.90. The summed E-state index contributed by atoms with van der Waals surface area (Å²) in [5, 5.41) is 11.1. The van der Waals surface area contributed by atoms with Crippen molar-refractivity contribution in [2.45, 2.75) is 20.8 Å². The van der Waals surface area contributed by atoms with Gasteiger partial charge in [-0.25, -0.2) is 4.79 Å². The van der Waals surface area contributed by atoms with Gasteiger partial charge in [0, 0.05) is 19.2 Å². The Morgan fingerprint density at radius 1 is 1.45 bits per heavy atom. The molecular weight excluding hydrogens is 260 g/mol. The Balaban J connectivity index is 3.29. The Bertz CT molecular complexity index is 500. The molecule has 1 rings (SSSR count). The van der Waals surface area contributed by atoms with Crippen LogP contribution < -0.4 is 4.90 Å². The SMILES string of the molecule is CCN(CC(C)C)c1cc(C(=O)OC)ccc1[N+](=O)[O-]. The Hall–Kier alpha value is -2.11. The van der Waals surface area contributed by atoms with Gasteiger partial charge in [-0.1, -0.05) is 13.8 Å². The van der Waals surface area contributed by atoms with Gasteiger partial charge in [-0.05, 0) is 25.0 Å². The number of hydrogen-bond donors (Lipinski definition) is 0. The Morgan fingerprint density at radius 3 is 2.55 bits per heavy atom. The maximum absolute atomic E-state index is 11.6. The fourth-order valence-electron chi connectivity index (χ4n) is 2.01. The molecular formula is C14H20N2O4. The van der Waals surface area contributed by atoms with E-state index in [9.17, 15) is 14.9 Å². The van der Waals surface area contributed by atoms with E-state index in [1.807, 2.05) is 25.7 Å². The van der Waals surface area contributed by atoms with E-state index in [0.717, 1.165) is 0 Å². The topological polar surface area (TPSA) is 72.7 Å². The number of methoxy groups -OCH3 is 1. The number of ether oxygens (including phenoxy) is 1. The molecule has 0 N–H and O–H groups in total. The minimum Gasteiger partial charge on any atom is -0.465 e. The zero-order valence-electron chi connectivity index (χ0n) is 12.3. The van der Waals surface area contributed by atoms with Crippen molar-refractivity contribution in [3.8, 4) is 0 Å². The van der Waals surface area contributed by atoms with Gasteiger partial charge in [-0.15, -0.1) is 0 Å². The summed E-state index contributed by atoms with van der Waals surface area (Å²) in [5.41, 5.74) is 0.768. The van der Waals surface area contributed by atoms with Crippen molar-refractivity contribution >= 4 is 17.3 Å². The molecule has 0 aromatic heterocycles. The molecule has 0 aliphatic rings. The van der Waals surface area contributed by atoms with Gasteiger partial charge in [0.2, 0.25) is 0 Å². The average Bonchev–Trinajstić information content (AvgIpc) is 2.42. The Labute approximate surface area is 118 Å². The molecule has 0 heterocycles. The minimum absolute atomic E-state index is 0.000142. The van der Waals surface area contributed by atoms with Crippen molar-refractivity contribution < 1.29 is 14.5 Å². The van der Waals surface area contributed by atoms with Gasteiger partial charge in [0.05, 0.1) is 17.6 Å². The van der Waals surface area contributed by atoms with E-state index in [0.29, 0.717) is 30.3 Å². The quantitative estimate of drug-likeness (QED) is 0.455. The van der Waals surface area contributed by atoms with Crippen LogP contribution in [0.3, 0.4) is 0 Å². The average molecular weight is 280 g/mol. The van der Waals surface area contributed by atoms with Gasteiger partial charge in [0.25, 0.3) is 5.69 Å². The fourth-order valence-corrected chi connectivity index (χ4v) is 2.01. The smallest absolute Gasteiger partial charge is 0.337 e. The minimum atomic E-state index is -0.498. The number of esters is 1. The first-order chi connectivity index (χ1) is 9.40. The molecule has 0 saturated carbocycles. The normalized spacial score (nSPS) is 10.4. The monoisotopic (exact) mass is 280 g/mol. The van der Waals surface area contributed by atoms with Crippen LogP contribution in [-0.4, -0.2) is 31.1 Å². The maximum atomic E-state index is 11.6. The lowest BCUT2D eigenvalue weighted by molar-refractivity contribution is -0.384. The molecule has 0 aliphatic carbocycles. The molecule has 0 unspecified atom stereocenters. The molecule has 0 amide bonds. The number of nitrogens with zero attached hydrogens (tertiary/aromatic N) is 2. The van der Waals surface area contributed by atoms with Crippen LogP contribution in [0.15, 0.2) is 18.2 Å². The number of nitro benzene ring substituents is 1. The predicted octanol–water partition coefficient (Wildman–Crippen LogP) is 2.86. The molecule has 6 nitrogen and oxygen atoms in total. The molecule has 20 heavy (non-hydrogen) atoms. The summed E-state index contributed by atoms with van der Waals surface area (Å²) in [4.78, 5) is 24.2. The third-order valence-electron chi connectivity index (χ3n) is 2.90. The largest absolute Gasteiger partial charge is 0.465 e. The molecule has 0 atom stereocenters. The van der Waals surface area contributed by atoms with E-state index in [-0.39, 0.29) is 5.69 Å². The van der Waals surface area contributed by atoms with Crippen molar-refractivity contribution in [1.82, 2.24) is 0 Å². The zero-order chi connectivity index (χ0) is 15.3. The number of nitro groups is 1. The van der Waals surface area contributed by atoms with Crippen LogP contribution in [0.4, 0.5) is 11.4 Å². The zero-order valence-corrected chi connectivity index (χ0v) is 12.3. The highest BCUT2D eigenvalue weighted by Crippen LogP contribution is 2.30. The molecule has 0 radical (unpaired) electrons. The number of hydrogen-bond acceptors (Lipinski definition) is 5. The number of carbonyl (C=O) groups excluding carboxylic acids is 1. The number of carbonyl (C=O) groups is 1. The molecule has 0 spiro atoms. The predicted molar refractivity (Wildman–Crippen MR) is 77.2 cm³/mol. The maximum Gasteiger partial charge on any atom is 0.337 e. The lowest BCUT2D eigenvalue weighted by Crippen LogP contribution is -2.28. The van der Waals surface area contributed by atoms with Gasteiger partial charge < -0.3 is 9.64 Å². The van der Waals surface area contributed by atoms with E-state index in [1.54, 1.807) is 0 Å². The van der Waals surface area contributed by atoms with Gasteiger partial charge in [-0.2, -0.15) is 0 Å². The molecule has 0 fully saturated rings. The number of rotatable bonds is 6. The van der Waals surface area contributed by atoms with Gasteiger partial charge in [0.1, 0.15) is 5.69 Å². The first kappa shape index (κ1) is 15.9. The van der Waals surface area contributed by atoms with Gasteiger partial charge >= 0.3 is 5.97 Å². The van der Waals surface area contributed by atoms with Crippen molar-refractivity contribution in [2.75, 3.05) is 25.1 Å². The summed E-state index contributed by atoms with van der Waals surface area (Å²) in [5.74, 6) is -0.141. The highest BCUT2D eigenvalue weighted by molar-refractivity contribution is 5.91. The molecule has 0 aliphatic heterocycles. The van der Waals surface area contributed by atoms with E-state index >= 15 is 0 Å². The molecule has 0 bridgehead atoms. The van der Waals surface area contributed by atoms with Gasteiger partial charge in [-0.3, -0.25) is 10.1 Å². The van der Waals surface area contributed by atoms with Crippen molar-refractivity contribution in [3.05, 3.63) is 33.9 Å². The second-order valence-electron chi connectivity index (χ2n) is 4.88. The standard InChI is InChI=1S/C14H20N2O4/c1-5-15(9-10(2)3)13-8-11(14(17)20-4)6-7-12(13)16(18)19/h6-8,10H,5,9H2,1-4H3. The number of benzene rings is 1. The van der Waals surface area contributed by atoms with Crippen LogP contribution in [0.1, 0.15) is 31.1 Å². The summed E-state index contributed by atoms with van der Waals surface area (Å²) in [7, 11) is 1.29. The van der Waals surface area contributed by atoms with Crippen LogP contribution in [0.25, 0.3) is 0 Å².